The van der Waals surface area contributed by atoms with Gasteiger partial charge in [-0.2, -0.15) is 0 Å². The van der Waals surface area contributed by atoms with Crippen LogP contribution in [0.15, 0.2) is 53.4 Å². The van der Waals surface area contributed by atoms with Crippen molar-refractivity contribution in [1.82, 2.24) is 9.62 Å². The van der Waals surface area contributed by atoms with E-state index in [1.165, 1.54) is 55.3 Å². The van der Waals surface area contributed by atoms with Crippen LogP contribution in [-0.4, -0.2) is 45.0 Å². The molecule has 0 aliphatic rings. The number of carbonyl (C=O) groups excluding carboxylic acids is 2. The van der Waals surface area contributed by atoms with Crippen LogP contribution in [0.5, 0.6) is 5.75 Å². The van der Waals surface area contributed by atoms with E-state index in [-0.39, 0.29) is 41.8 Å². The van der Waals surface area contributed by atoms with Gasteiger partial charge in [0.1, 0.15) is 5.75 Å². The average Bonchev–Trinajstić information content (AvgIpc) is 2.68. The highest BCUT2D eigenvalue weighted by atomic mass is 32.2. The van der Waals surface area contributed by atoms with E-state index >= 15 is 0 Å². The number of nitrogens with zero attached hydrogens (tertiary/aromatic N) is 1. The lowest BCUT2D eigenvalue weighted by molar-refractivity contribution is -0.274. The van der Waals surface area contributed by atoms with Crippen molar-refractivity contribution < 1.29 is 35.9 Å². The molecule has 0 spiro atoms. The Morgan fingerprint density at radius 1 is 1.03 bits per heavy atom. The molecule has 0 radical (unpaired) electrons. The number of Topliss-reactive ketones (excluding diaryl/α,β-unsaturated/α-hetero) is 1. The molecule has 2 aromatic carbocycles. The van der Waals surface area contributed by atoms with Crippen LogP contribution in [0.2, 0.25) is 0 Å². The van der Waals surface area contributed by atoms with E-state index in [9.17, 15) is 31.2 Å². The predicted molar refractivity (Wildman–Crippen MR) is 106 cm³/mol. The first-order valence-electron chi connectivity index (χ1n) is 9.07. The van der Waals surface area contributed by atoms with Crippen LogP contribution >= 0.6 is 0 Å². The number of ether oxygens (including phenoxy) is 1. The maximum absolute atomic E-state index is 12.3. The van der Waals surface area contributed by atoms with Crippen molar-refractivity contribution in [3.05, 3.63) is 59.7 Å². The monoisotopic (exact) mass is 458 g/mol. The summed E-state index contributed by atoms with van der Waals surface area (Å²) in [4.78, 5) is 24.8. The van der Waals surface area contributed by atoms with Gasteiger partial charge < -0.3 is 9.64 Å². The summed E-state index contributed by atoms with van der Waals surface area (Å²) >= 11 is 0. The van der Waals surface area contributed by atoms with Gasteiger partial charge in [-0.05, 0) is 36.8 Å². The normalized spacial score (nSPS) is 11.8. The number of alkyl halides is 3. The fourth-order valence-corrected chi connectivity index (χ4v) is 3.63. The Morgan fingerprint density at radius 3 is 2.13 bits per heavy atom. The molecule has 31 heavy (non-hydrogen) atoms. The molecule has 2 aromatic rings. The molecule has 0 aliphatic heterocycles. The molecular weight excluding hydrogens is 437 g/mol. The number of benzene rings is 2. The first kappa shape index (κ1) is 24.4. The Balaban J connectivity index is 1.85. The van der Waals surface area contributed by atoms with E-state index in [2.05, 4.69) is 9.46 Å². The average molecular weight is 458 g/mol. The van der Waals surface area contributed by atoms with Crippen molar-refractivity contribution in [2.45, 2.75) is 31.1 Å². The molecule has 0 bridgehead atoms. The number of rotatable bonds is 9. The maximum Gasteiger partial charge on any atom is 0.573 e. The maximum atomic E-state index is 12.3. The van der Waals surface area contributed by atoms with Crippen molar-refractivity contribution in [2.24, 2.45) is 0 Å². The summed E-state index contributed by atoms with van der Waals surface area (Å²) in [6, 6.07) is 10.5. The minimum atomic E-state index is -4.78. The van der Waals surface area contributed by atoms with Gasteiger partial charge in [0, 0.05) is 32.1 Å². The quantitative estimate of drug-likeness (QED) is 0.583. The molecule has 1 amide bonds. The number of nitrogens with one attached hydrogen (secondary N) is 1. The van der Waals surface area contributed by atoms with Gasteiger partial charge in [0.15, 0.2) is 5.78 Å². The second-order valence-electron chi connectivity index (χ2n) is 6.67. The standard InChI is InChI=1S/C20H21F3N2O5S/c1-14(26)16-5-9-18(10-6-16)31(28,29)24-12-11-19(27)25(2)13-15-3-7-17(8-4-15)30-20(21,22)23/h3-10,24H,11-13H2,1-2H3. The molecule has 0 fully saturated rings. The summed E-state index contributed by atoms with van der Waals surface area (Å²) in [7, 11) is -2.34. The van der Waals surface area contributed by atoms with E-state index in [1.807, 2.05) is 0 Å². The van der Waals surface area contributed by atoms with Crippen LogP contribution in [0.3, 0.4) is 0 Å². The molecule has 2 rings (SSSR count). The first-order chi connectivity index (χ1) is 14.4. The van der Waals surface area contributed by atoms with Crippen molar-refractivity contribution in [2.75, 3.05) is 13.6 Å². The Kier molecular flexibility index (Phi) is 7.80. The zero-order chi connectivity index (χ0) is 23.2. The number of ketones is 1. The van der Waals surface area contributed by atoms with E-state index in [0.29, 0.717) is 11.1 Å². The summed E-state index contributed by atoms with van der Waals surface area (Å²) in [5, 5.41) is 0. The van der Waals surface area contributed by atoms with E-state index in [0.717, 1.165) is 12.1 Å². The van der Waals surface area contributed by atoms with Gasteiger partial charge in [-0.15, -0.1) is 13.2 Å². The Morgan fingerprint density at radius 2 is 1.61 bits per heavy atom. The molecule has 168 valence electrons. The van der Waals surface area contributed by atoms with Crippen LogP contribution in [0.1, 0.15) is 29.3 Å². The highest BCUT2D eigenvalue weighted by Crippen LogP contribution is 2.23. The lowest BCUT2D eigenvalue weighted by Gasteiger charge is -2.18. The lowest BCUT2D eigenvalue weighted by atomic mass is 10.2. The number of hydrogen-bond acceptors (Lipinski definition) is 5. The lowest BCUT2D eigenvalue weighted by Crippen LogP contribution is -2.32. The third-order valence-corrected chi connectivity index (χ3v) is 5.68. The van der Waals surface area contributed by atoms with E-state index in [4.69, 9.17) is 0 Å². The molecule has 0 heterocycles. The Labute approximate surface area is 177 Å². The summed E-state index contributed by atoms with van der Waals surface area (Å²) in [6.07, 6.45) is -4.90. The second kappa shape index (κ2) is 9.92. The van der Waals surface area contributed by atoms with Crippen molar-refractivity contribution >= 4 is 21.7 Å². The van der Waals surface area contributed by atoms with Gasteiger partial charge in [-0.25, -0.2) is 13.1 Å². The first-order valence-corrected chi connectivity index (χ1v) is 10.5. The van der Waals surface area contributed by atoms with Crippen molar-refractivity contribution in [1.29, 1.82) is 0 Å². The van der Waals surface area contributed by atoms with Crippen molar-refractivity contribution in [3.8, 4) is 5.75 Å². The Hall–Kier alpha value is -2.92. The SMILES string of the molecule is CC(=O)c1ccc(S(=O)(=O)NCCC(=O)N(C)Cc2ccc(OC(F)(F)F)cc2)cc1. The second-order valence-corrected chi connectivity index (χ2v) is 8.44. The van der Waals surface area contributed by atoms with E-state index in [1.54, 1.807) is 0 Å². The summed E-state index contributed by atoms with van der Waals surface area (Å²) in [5.74, 6) is -0.908. The highest BCUT2D eigenvalue weighted by molar-refractivity contribution is 7.89. The van der Waals surface area contributed by atoms with Crippen LogP contribution in [0.25, 0.3) is 0 Å². The molecule has 0 aliphatic carbocycles. The summed E-state index contributed by atoms with van der Waals surface area (Å²) < 4.78 is 67.2. The van der Waals surface area contributed by atoms with Crippen LogP contribution in [-0.2, 0) is 21.4 Å². The summed E-state index contributed by atoms with van der Waals surface area (Å²) in [6.45, 7) is 1.36. The van der Waals surface area contributed by atoms with Gasteiger partial charge in [0.2, 0.25) is 15.9 Å². The minimum absolute atomic E-state index is 0.0283. The largest absolute Gasteiger partial charge is 0.573 e. The number of hydrogen-bond donors (Lipinski definition) is 1. The number of amides is 1. The number of sulfonamides is 1. The molecule has 0 atom stereocenters. The van der Waals surface area contributed by atoms with Crippen molar-refractivity contribution in [3.63, 3.8) is 0 Å². The van der Waals surface area contributed by atoms with Gasteiger partial charge in [-0.1, -0.05) is 24.3 Å². The minimum Gasteiger partial charge on any atom is -0.406 e. The van der Waals surface area contributed by atoms with E-state index < -0.39 is 16.4 Å². The topological polar surface area (TPSA) is 92.8 Å². The molecular formula is C20H21F3N2O5S. The molecule has 0 aromatic heterocycles. The highest BCUT2D eigenvalue weighted by Gasteiger charge is 2.31. The smallest absolute Gasteiger partial charge is 0.406 e. The number of carbonyl (C=O) groups is 2. The predicted octanol–water partition coefficient (Wildman–Crippen LogP) is 3.11. The fraction of sp³-hybridized carbons (Fsp3) is 0.300. The van der Waals surface area contributed by atoms with Gasteiger partial charge in [-0.3, -0.25) is 9.59 Å². The zero-order valence-corrected chi connectivity index (χ0v) is 17.6. The van der Waals surface area contributed by atoms with Crippen LogP contribution in [0, 0.1) is 0 Å². The third-order valence-electron chi connectivity index (χ3n) is 4.20. The number of halogens is 3. The summed E-state index contributed by atoms with van der Waals surface area (Å²) in [5.41, 5.74) is 0.963. The van der Waals surface area contributed by atoms with Gasteiger partial charge >= 0.3 is 6.36 Å². The third kappa shape index (κ3) is 7.68. The Bertz CT molecular complexity index is 1020. The molecule has 1 N–H and O–H groups in total. The molecule has 0 unspecified atom stereocenters. The molecule has 0 saturated heterocycles. The molecule has 11 heteroatoms. The van der Waals surface area contributed by atoms with Crippen LogP contribution < -0.4 is 9.46 Å². The fourth-order valence-electron chi connectivity index (χ4n) is 2.59. The molecule has 0 saturated carbocycles. The molecule has 7 nitrogen and oxygen atoms in total. The van der Waals surface area contributed by atoms with Gasteiger partial charge in [0.05, 0.1) is 4.90 Å². The van der Waals surface area contributed by atoms with Crippen LogP contribution in [0.4, 0.5) is 13.2 Å². The zero-order valence-electron chi connectivity index (χ0n) is 16.8. The van der Waals surface area contributed by atoms with Gasteiger partial charge in [0.25, 0.3) is 0 Å².